The van der Waals surface area contributed by atoms with E-state index in [2.05, 4.69) is 11.6 Å². The zero-order valence-corrected chi connectivity index (χ0v) is 8.03. The topological polar surface area (TPSA) is 22.1 Å². The second kappa shape index (κ2) is 3.50. The first kappa shape index (κ1) is 8.75. The van der Waals surface area contributed by atoms with Crippen LogP contribution in [0.4, 0.5) is 0 Å². The summed E-state index contributed by atoms with van der Waals surface area (Å²) in [6.07, 6.45) is 3.58. The summed E-state index contributed by atoms with van der Waals surface area (Å²) in [7, 11) is 1.65. The fourth-order valence-electron chi connectivity index (χ4n) is 1.51. The Labute approximate surface area is 82.9 Å². The first-order valence-electron chi connectivity index (χ1n) is 4.41. The summed E-state index contributed by atoms with van der Waals surface area (Å²) in [5.41, 5.74) is 1.96. The molecule has 0 aliphatic carbocycles. The predicted octanol–water partition coefficient (Wildman–Crippen LogP) is 2.89. The lowest BCUT2D eigenvalue weighted by Gasteiger charge is -2.06. The molecule has 0 atom stereocenters. The molecule has 0 N–H and O–H groups in total. The molecular weight excluding hydrogens is 174 g/mol. The molecule has 0 bridgehead atoms. The van der Waals surface area contributed by atoms with Gasteiger partial charge in [0, 0.05) is 11.6 Å². The molecule has 70 valence electrons. The van der Waals surface area contributed by atoms with Crippen LogP contribution in [0, 0.1) is 0 Å². The molecule has 0 saturated carbocycles. The highest BCUT2D eigenvalue weighted by molar-refractivity contribution is 5.91. The van der Waals surface area contributed by atoms with Gasteiger partial charge in [-0.25, -0.2) is 0 Å². The number of pyridine rings is 1. The van der Waals surface area contributed by atoms with Crippen molar-refractivity contribution in [2.24, 2.45) is 0 Å². The Kier molecular flexibility index (Phi) is 2.19. The van der Waals surface area contributed by atoms with Gasteiger partial charge in [0.1, 0.15) is 11.3 Å². The summed E-state index contributed by atoms with van der Waals surface area (Å²) in [6, 6.07) is 7.82. The van der Waals surface area contributed by atoms with E-state index in [4.69, 9.17) is 4.74 Å². The van der Waals surface area contributed by atoms with Gasteiger partial charge in [0.25, 0.3) is 0 Å². The van der Waals surface area contributed by atoms with E-state index in [1.54, 1.807) is 13.3 Å². The van der Waals surface area contributed by atoms with Crippen LogP contribution >= 0.6 is 0 Å². The number of fused-ring (bicyclic) bond motifs is 1. The van der Waals surface area contributed by atoms with Crippen LogP contribution in [0.5, 0.6) is 5.75 Å². The average Bonchev–Trinajstić information content (AvgIpc) is 2.27. The van der Waals surface area contributed by atoms with Gasteiger partial charge in [0.2, 0.25) is 0 Å². The molecule has 1 heterocycles. The minimum Gasteiger partial charge on any atom is -0.494 e. The van der Waals surface area contributed by atoms with Gasteiger partial charge in [-0.05, 0) is 17.7 Å². The molecule has 2 aromatic rings. The van der Waals surface area contributed by atoms with Crippen molar-refractivity contribution in [1.29, 1.82) is 0 Å². The van der Waals surface area contributed by atoms with E-state index in [-0.39, 0.29) is 0 Å². The summed E-state index contributed by atoms with van der Waals surface area (Å²) in [6.45, 7) is 3.77. The molecule has 2 heteroatoms. The monoisotopic (exact) mass is 185 g/mol. The van der Waals surface area contributed by atoms with E-state index >= 15 is 0 Å². The van der Waals surface area contributed by atoms with Crippen LogP contribution in [0.15, 0.2) is 37.0 Å². The summed E-state index contributed by atoms with van der Waals surface area (Å²) >= 11 is 0. The summed E-state index contributed by atoms with van der Waals surface area (Å²) in [5, 5.41) is 1.07. The van der Waals surface area contributed by atoms with Crippen LogP contribution in [0.3, 0.4) is 0 Å². The number of nitrogens with zero attached hydrogens (tertiary/aromatic N) is 1. The second-order valence-electron chi connectivity index (χ2n) is 2.96. The summed E-state index contributed by atoms with van der Waals surface area (Å²) in [5.74, 6) is 0.797. The lowest BCUT2D eigenvalue weighted by Crippen LogP contribution is -1.88. The number of ether oxygens (including phenoxy) is 1. The van der Waals surface area contributed by atoms with Gasteiger partial charge in [-0.3, -0.25) is 4.98 Å². The van der Waals surface area contributed by atoms with Gasteiger partial charge in [-0.2, -0.15) is 0 Å². The van der Waals surface area contributed by atoms with Gasteiger partial charge >= 0.3 is 0 Å². The number of rotatable bonds is 2. The van der Waals surface area contributed by atoms with Crippen molar-refractivity contribution >= 4 is 17.0 Å². The van der Waals surface area contributed by atoms with E-state index in [0.717, 1.165) is 22.2 Å². The van der Waals surface area contributed by atoms with Crippen LogP contribution in [0.1, 0.15) is 5.56 Å². The van der Waals surface area contributed by atoms with E-state index < -0.39 is 0 Å². The molecule has 0 fully saturated rings. The third-order valence-electron chi connectivity index (χ3n) is 2.21. The minimum atomic E-state index is 0.797. The molecule has 0 amide bonds. The largest absolute Gasteiger partial charge is 0.494 e. The SMILES string of the molecule is C=Cc1ccc(OC)c2ncccc12. The standard InChI is InChI=1S/C12H11NO/c1-3-9-6-7-11(14-2)12-10(9)5-4-8-13-12/h3-8H,1H2,2H3. The third-order valence-corrected chi connectivity index (χ3v) is 2.21. The Balaban J connectivity index is 2.84. The molecule has 2 rings (SSSR count). The van der Waals surface area contributed by atoms with Crippen molar-refractivity contribution in [3.05, 3.63) is 42.6 Å². The minimum absolute atomic E-state index is 0.797. The molecule has 2 nitrogen and oxygen atoms in total. The average molecular weight is 185 g/mol. The third kappa shape index (κ3) is 1.25. The number of aromatic nitrogens is 1. The van der Waals surface area contributed by atoms with Crippen LogP contribution < -0.4 is 4.74 Å². The molecule has 1 aromatic carbocycles. The first-order chi connectivity index (χ1) is 6.86. The van der Waals surface area contributed by atoms with Crippen molar-refractivity contribution in [2.45, 2.75) is 0 Å². The molecule has 14 heavy (non-hydrogen) atoms. The van der Waals surface area contributed by atoms with Gasteiger partial charge in [-0.1, -0.05) is 24.8 Å². The van der Waals surface area contributed by atoms with Gasteiger partial charge in [0.15, 0.2) is 0 Å². The fraction of sp³-hybridized carbons (Fsp3) is 0.0833. The van der Waals surface area contributed by atoms with Crippen LogP contribution in [-0.4, -0.2) is 12.1 Å². The van der Waals surface area contributed by atoms with Crippen molar-refractivity contribution in [3.63, 3.8) is 0 Å². The second-order valence-corrected chi connectivity index (χ2v) is 2.96. The molecule has 0 aliphatic heterocycles. The Morgan fingerprint density at radius 1 is 1.36 bits per heavy atom. The van der Waals surface area contributed by atoms with Crippen molar-refractivity contribution < 1.29 is 4.74 Å². The van der Waals surface area contributed by atoms with Crippen molar-refractivity contribution in [1.82, 2.24) is 4.98 Å². The summed E-state index contributed by atoms with van der Waals surface area (Å²) < 4.78 is 5.23. The zero-order valence-electron chi connectivity index (χ0n) is 8.03. The fourth-order valence-corrected chi connectivity index (χ4v) is 1.51. The molecule has 0 unspecified atom stereocenters. The maximum absolute atomic E-state index is 5.23. The predicted molar refractivity (Wildman–Crippen MR) is 58.4 cm³/mol. The Morgan fingerprint density at radius 2 is 2.21 bits per heavy atom. The highest BCUT2D eigenvalue weighted by Crippen LogP contribution is 2.26. The normalized spacial score (nSPS) is 10.1. The lowest BCUT2D eigenvalue weighted by atomic mass is 10.1. The van der Waals surface area contributed by atoms with Gasteiger partial charge in [-0.15, -0.1) is 0 Å². The Bertz CT molecular complexity index is 477. The lowest BCUT2D eigenvalue weighted by molar-refractivity contribution is 0.419. The van der Waals surface area contributed by atoms with E-state index in [1.807, 2.05) is 30.3 Å². The molecule has 1 aromatic heterocycles. The number of benzene rings is 1. The number of hydrogen-bond acceptors (Lipinski definition) is 2. The summed E-state index contributed by atoms with van der Waals surface area (Å²) in [4.78, 5) is 4.29. The Morgan fingerprint density at radius 3 is 2.93 bits per heavy atom. The maximum Gasteiger partial charge on any atom is 0.145 e. The van der Waals surface area contributed by atoms with E-state index in [9.17, 15) is 0 Å². The van der Waals surface area contributed by atoms with Gasteiger partial charge in [0.05, 0.1) is 7.11 Å². The molecule has 0 saturated heterocycles. The quantitative estimate of drug-likeness (QED) is 0.717. The van der Waals surface area contributed by atoms with Crippen molar-refractivity contribution in [2.75, 3.05) is 7.11 Å². The number of methoxy groups -OCH3 is 1. The molecule has 0 spiro atoms. The molecule has 0 aliphatic rings. The zero-order chi connectivity index (χ0) is 9.97. The van der Waals surface area contributed by atoms with Crippen LogP contribution in [0.2, 0.25) is 0 Å². The van der Waals surface area contributed by atoms with Crippen LogP contribution in [-0.2, 0) is 0 Å². The smallest absolute Gasteiger partial charge is 0.145 e. The van der Waals surface area contributed by atoms with Gasteiger partial charge < -0.3 is 4.74 Å². The first-order valence-corrected chi connectivity index (χ1v) is 4.41. The highest BCUT2D eigenvalue weighted by Gasteiger charge is 2.04. The Hall–Kier alpha value is -1.83. The highest BCUT2D eigenvalue weighted by atomic mass is 16.5. The maximum atomic E-state index is 5.23. The van der Waals surface area contributed by atoms with E-state index in [0.29, 0.717) is 0 Å². The number of hydrogen-bond donors (Lipinski definition) is 0. The van der Waals surface area contributed by atoms with Crippen LogP contribution in [0.25, 0.3) is 17.0 Å². The van der Waals surface area contributed by atoms with Crippen molar-refractivity contribution in [3.8, 4) is 5.75 Å². The van der Waals surface area contributed by atoms with E-state index in [1.165, 1.54) is 0 Å². The molecule has 0 radical (unpaired) electrons. The molecular formula is C12H11NO.